The molecule has 0 radical (unpaired) electrons. The molecule has 1 aromatic carbocycles. The zero-order chi connectivity index (χ0) is 14.5. The van der Waals surface area contributed by atoms with Crippen LogP contribution in [-0.2, 0) is 16.0 Å². The maximum absolute atomic E-state index is 12.1. The summed E-state index contributed by atoms with van der Waals surface area (Å²) in [5.41, 5.74) is 1.43. The van der Waals surface area contributed by atoms with Gasteiger partial charge < -0.3 is 15.4 Å². The molecule has 0 saturated heterocycles. The third kappa shape index (κ3) is 3.31. The number of ether oxygens (including phenoxy) is 1. The molecule has 0 aromatic heterocycles. The quantitative estimate of drug-likeness (QED) is 0.478. The van der Waals surface area contributed by atoms with Gasteiger partial charge >= 0.3 is 0 Å². The Hall–Kier alpha value is -1.99. The number of nitro benzene ring substituents is 1. The van der Waals surface area contributed by atoms with Gasteiger partial charge in [0.1, 0.15) is 0 Å². The molecule has 0 saturated carbocycles. The van der Waals surface area contributed by atoms with Crippen molar-refractivity contribution >= 4 is 17.3 Å². The van der Waals surface area contributed by atoms with Crippen molar-refractivity contribution in [3.8, 4) is 0 Å². The van der Waals surface area contributed by atoms with E-state index >= 15 is 0 Å². The fourth-order valence-electron chi connectivity index (χ4n) is 2.19. The zero-order valence-corrected chi connectivity index (χ0v) is 11.2. The number of aryl methyl sites for hydroxylation is 1. The van der Waals surface area contributed by atoms with Crippen molar-refractivity contribution in [1.82, 2.24) is 5.32 Å². The molecule has 20 heavy (non-hydrogen) atoms. The summed E-state index contributed by atoms with van der Waals surface area (Å²) in [6, 6.07) is 4.26. The second-order valence-corrected chi connectivity index (χ2v) is 4.63. The number of methoxy groups -OCH3 is 1. The molecule has 108 valence electrons. The van der Waals surface area contributed by atoms with Crippen molar-refractivity contribution in [2.24, 2.45) is 0 Å². The molecule has 0 fully saturated rings. The Kier molecular flexibility index (Phi) is 4.65. The number of non-ortho nitro benzene ring substituents is 1. The first-order chi connectivity index (χ1) is 9.61. The number of rotatable bonds is 5. The van der Waals surface area contributed by atoms with E-state index in [4.69, 9.17) is 4.74 Å². The van der Waals surface area contributed by atoms with E-state index in [1.54, 1.807) is 13.2 Å². The van der Waals surface area contributed by atoms with E-state index in [-0.39, 0.29) is 17.6 Å². The van der Waals surface area contributed by atoms with E-state index in [2.05, 4.69) is 10.6 Å². The van der Waals surface area contributed by atoms with Crippen molar-refractivity contribution in [2.75, 3.05) is 25.6 Å². The van der Waals surface area contributed by atoms with E-state index < -0.39 is 4.92 Å². The van der Waals surface area contributed by atoms with Gasteiger partial charge in [0.05, 0.1) is 23.3 Å². The summed E-state index contributed by atoms with van der Waals surface area (Å²) < 4.78 is 4.93. The van der Waals surface area contributed by atoms with Gasteiger partial charge in [-0.2, -0.15) is 0 Å². The lowest BCUT2D eigenvalue weighted by atomic mass is 10.1. The largest absolute Gasteiger partial charge is 0.383 e. The van der Waals surface area contributed by atoms with Gasteiger partial charge in [0, 0.05) is 25.8 Å². The van der Waals surface area contributed by atoms with Crippen LogP contribution in [0, 0.1) is 10.1 Å². The van der Waals surface area contributed by atoms with Crippen LogP contribution in [0.25, 0.3) is 0 Å². The van der Waals surface area contributed by atoms with Gasteiger partial charge in [-0.25, -0.2) is 0 Å². The predicted octanol–water partition coefficient (Wildman–Crippen LogP) is 1.08. The molecular formula is C13H17N3O4. The Labute approximate surface area is 116 Å². The summed E-state index contributed by atoms with van der Waals surface area (Å²) >= 11 is 0. The number of carbonyl (C=O) groups is 1. The van der Waals surface area contributed by atoms with Gasteiger partial charge in [-0.15, -0.1) is 0 Å². The van der Waals surface area contributed by atoms with Crippen molar-refractivity contribution in [2.45, 2.75) is 18.9 Å². The normalized spacial score (nSPS) is 18.1. The highest BCUT2D eigenvalue weighted by Gasteiger charge is 2.24. The smallest absolute Gasteiger partial charge is 0.271 e. The molecule has 0 bridgehead atoms. The molecule has 7 nitrogen and oxygen atoms in total. The van der Waals surface area contributed by atoms with Crippen LogP contribution < -0.4 is 10.6 Å². The lowest BCUT2D eigenvalue weighted by Crippen LogP contribution is -2.41. The van der Waals surface area contributed by atoms with Gasteiger partial charge in [0.15, 0.2) is 0 Å². The molecule has 0 spiro atoms. The van der Waals surface area contributed by atoms with Crippen LogP contribution in [0.2, 0.25) is 0 Å². The van der Waals surface area contributed by atoms with Crippen LogP contribution in [0.3, 0.4) is 0 Å². The monoisotopic (exact) mass is 279 g/mol. The molecule has 1 atom stereocenters. The van der Waals surface area contributed by atoms with Crippen molar-refractivity contribution in [3.63, 3.8) is 0 Å². The third-order valence-corrected chi connectivity index (χ3v) is 3.28. The molecule has 1 amide bonds. The number of fused-ring (bicyclic) bond motifs is 1. The Balaban J connectivity index is 2.10. The Morgan fingerprint density at radius 3 is 3.05 bits per heavy atom. The maximum atomic E-state index is 12.1. The number of nitrogens with zero attached hydrogens (tertiary/aromatic N) is 1. The Morgan fingerprint density at radius 1 is 1.55 bits per heavy atom. The van der Waals surface area contributed by atoms with Gasteiger partial charge in [-0.3, -0.25) is 14.9 Å². The lowest BCUT2D eigenvalue weighted by Gasteiger charge is -2.14. The molecule has 2 rings (SSSR count). The van der Waals surface area contributed by atoms with Crippen LogP contribution in [0.5, 0.6) is 0 Å². The van der Waals surface area contributed by atoms with Crippen molar-refractivity contribution in [3.05, 3.63) is 33.9 Å². The van der Waals surface area contributed by atoms with E-state index in [9.17, 15) is 14.9 Å². The lowest BCUT2D eigenvalue weighted by molar-refractivity contribution is -0.384. The first kappa shape index (κ1) is 14.4. The van der Waals surface area contributed by atoms with Gasteiger partial charge in [0.25, 0.3) is 5.69 Å². The fourth-order valence-corrected chi connectivity index (χ4v) is 2.19. The molecule has 0 aliphatic carbocycles. The van der Waals surface area contributed by atoms with Crippen LogP contribution in [0.4, 0.5) is 11.4 Å². The number of anilines is 1. The summed E-state index contributed by atoms with van der Waals surface area (Å²) in [5.74, 6) is -0.166. The third-order valence-electron chi connectivity index (χ3n) is 3.28. The first-order valence-electron chi connectivity index (χ1n) is 6.42. The molecule has 1 aromatic rings. The predicted molar refractivity (Wildman–Crippen MR) is 73.7 cm³/mol. The van der Waals surface area contributed by atoms with Gasteiger partial charge in [-0.1, -0.05) is 6.07 Å². The summed E-state index contributed by atoms with van der Waals surface area (Å²) in [5, 5.41) is 16.6. The summed E-state index contributed by atoms with van der Waals surface area (Å²) in [6.07, 6.45) is 1.34. The average Bonchev–Trinajstić information content (AvgIpc) is 2.57. The number of nitro groups is 1. The number of carbonyl (C=O) groups excluding carboxylic acids is 1. The highest BCUT2D eigenvalue weighted by molar-refractivity contribution is 5.96. The van der Waals surface area contributed by atoms with Crippen LogP contribution in [0.1, 0.15) is 12.0 Å². The highest BCUT2D eigenvalue weighted by atomic mass is 16.6. The van der Waals surface area contributed by atoms with Crippen LogP contribution >= 0.6 is 0 Å². The molecule has 2 N–H and O–H groups in total. The van der Waals surface area contributed by atoms with E-state index in [0.29, 0.717) is 31.7 Å². The Morgan fingerprint density at radius 2 is 2.35 bits per heavy atom. The molecule has 1 unspecified atom stereocenters. The fraction of sp³-hybridized carbons (Fsp3) is 0.462. The minimum absolute atomic E-state index is 0.0187. The first-order valence-corrected chi connectivity index (χ1v) is 6.42. The zero-order valence-electron chi connectivity index (χ0n) is 11.2. The summed E-state index contributed by atoms with van der Waals surface area (Å²) in [7, 11) is 1.60. The number of amides is 1. The van der Waals surface area contributed by atoms with Crippen molar-refractivity contribution in [1.29, 1.82) is 0 Å². The molecule has 1 heterocycles. The van der Waals surface area contributed by atoms with Crippen LogP contribution in [0.15, 0.2) is 18.2 Å². The summed E-state index contributed by atoms with van der Waals surface area (Å²) in [6.45, 7) is 1.12. The van der Waals surface area contributed by atoms with Crippen molar-refractivity contribution < 1.29 is 14.5 Å². The molecule has 7 heteroatoms. The summed E-state index contributed by atoms with van der Waals surface area (Å²) in [4.78, 5) is 22.4. The second kappa shape index (κ2) is 6.44. The number of hydrogen-bond acceptors (Lipinski definition) is 5. The molecule has 1 aliphatic heterocycles. The topological polar surface area (TPSA) is 93.5 Å². The average molecular weight is 279 g/mol. The standard InChI is InChI=1S/C13H17N3O4/c1-20-7-6-14-11-5-3-9-2-4-10(16(18)19)8-12(9)15-13(11)17/h2,4,8,11,14H,3,5-7H2,1H3,(H,15,17). The van der Waals surface area contributed by atoms with Crippen LogP contribution in [-0.4, -0.2) is 37.1 Å². The van der Waals surface area contributed by atoms with Gasteiger partial charge in [-0.05, 0) is 18.4 Å². The highest BCUT2D eigenvalue weighted by Crippen LogP contribution is 2.26. The second-order valence-electron chi connectivity index (χ2n) is 4.63. The van der Waals surface area contributed by atoms with E-state index in [1.165, 1.54) is 12.1 Å². The minimum atomic E-state index is -0.467. The minimum Gasteiger partial charge on any atom is -0.383 e. The molecule has 1 aliphatic rings. The SMILES string of the molecule is COCCNC1CCc2ccc([N+](=O)[O-])cc2NC1=O. The number of benzene rings is 1. The Bertz CT molecular complexity index is 518. The number of hydrogen-bond donors (Lipinski definition) is 2. The number of nitrogens with one attached hydrogen (secondary N) is 2. The maximum Gasteiger partial charge on any atom is 0.271 e. The molecular weight excluding hydrogens is 262 g/mol. The van der Waals surface area contributed by atoms with E-state index in [0.717, 1.165) is 5.56 Å². The van der Waals surface area contributed by atoms with Gasteiger partial charge in [0.2, 0.25) is 5.91 Å². The van der Waals surface area contributed by atoms with E-state index in [1.807, 2.05) is 0 Å².